The van der Waals surface area contributed by atoms with Crippen molar-refractivity contribution in [2.24, 2.45) is 11.7 Å². The number of hydrogen-bond donors (Lipinski definition) is 1. The predicted molar refractivity (Wildman–Crippen MR) is 74.4 cm³/mol. The number of anilines is 1. The lowest BCUT2D eigenvalue weighted by atomic mass is 10.0. The lowest BCUT2D eigenvalue weighted by Crippen LogP contribution is -2.33. The third-order valence-corrected chi connectivity index (χ3v) is 3.85. The molecule has 0 amide bonds. The van der Waals surface area contributed by atoms with E-state index in [1.807, 2.05) is 0 Å². The van der Waals surface area contributed by atoms with Crippen molar-refractivity contribution in [1.29, 1.82) is 0 Å². The van der Waals surface area contributed by atoms with E-state index < -0.39 is 0 Å². The predicted octanol–water partition coefficient (Wildman–Crippen LogP) is 2.81. The van der Waals surface area contributed by atoms with Gasteiger partial charge in [-0.3, -0.25) is 0 Å². The fraction of sp³-hybridized carbons (Fsp3) is 0.600. The molecule has 2 nitrogen and oxygen atoms in total. The quantitative estimate of drug-likeness (QED) is 0.865. The highest BCUT2D eigenvalue weighted by Crippen LogP contribution is 2.26. The Labute approximate surface area is 105 Å². The molecule has 2 rings (SSSR count). The molecule has 2 heteroatoms. The second-order valence-electron chi connectivity index (χ2n) is 5.04. The van der Waals surface area contributed by atoms with Crippen molar-refractivity contribution in [3.8, 4) is 0 Å². The van der Waals surface area contributed by atoms with Crippen molar-refractivity contribution in [3.63, 3.8) is 0 Å². The van der Waals surface area contributed by atoms with Crippen molar-refractivity contribution < 1.29 is 0 Å². The molecule has 0 aromatic heterocycles. The van der Waals surface area contributed by atoms with Crippen molar-refractivity contribution >= 4 is 5.69 Å². The molecule has 0 bridgehead atoms. The van der Waals surface area contributed by atoms with Crippen LogP contribution in [-0.2, 0) is 6.42 Å². The highest BCUT2D eigenvalue weighted by atomic mass is 15.1. The molecule has 17 heavy (non-hydrogen) atoms. The molecule has 1 aliphatic rings. The van der Waals surface area contributed by atoms with Crippen molar-refractivity contribution in [2.75, 3.05) is 24.5 Å². The summed E-state index contributed by atoms with van der Waals surface area (Å²) in [6.45, 7) is 5.34. The van der Waals surface area contributed by atoms with E-state index in [1.54, 1.807) is 0 Å². The van der Waals surface area contributed by atoms with E-state index >= 15 is 0 Å². The largest absolute Gasteiger partial charge is 0.371 e. The summed E-state index contributed by atoms with van der Waals surface area (Å²) < 4.78 is 0. The molecule has 1 aromatic carbocycles. The third kappa shape index (κ3) is 3.01. The molecule has 0 fully saturated rings. The van der Waals surface area contributed by atoms with E-state index in [9.17, 15) is 0 Å². The molecule has 1 aromatic rings. The normalized spacial score (nSPS) is 17.4. The van der Waals surface area contributed by atoms with Crippen LogP contribution in [-0.4, -0.2) is 19.6 Å². The van der Waals surface area contributed by atoms with E-state index in [2.05, 4.69) is 36.1 Å². The summed E-state index contributed by atoms with van der Waals surface area (Å²) in [5, 5.41) is 0. The summed E-state index contributed by atoms with van der Waals surface area (Å²) in [4.78, 5) is 2.54. The molecular weight excluding hydrogens is 208 g/mol. The first-order valence-electron chi connectivity index (χ1n) is 6.88. The second-order valence-corrected chi connectivity index (χ2v) is 5.04. The van der Waals surface area contributed by atoms with Crippen LogP contribution in [0.1, 0.15) is 31.7 Å². The van der Waals surface area contributed by atoms with Gasteiger partial charge in [-0.15, -0.1) is 0 Å². The maximum absolute atomic E-state index is 5.83. The van der Waals surface area contributed by atoms with Crippen LogP contribution in [0.4, 0.5) is 5.69 Å². The molecule has 0 spiro atoms. The third-order valence-electron chi connectivity index (χ3n) is 3.85. The summed E-state index contributed by atoms with van der Waals surface area (Å²) in [6, 6.07) is 8.85. The molecule has 1 aliphatic heterocycles. The van der Waals surface area contributed by atoms with E-state index in [1.165, 1.54) is 43.5 Å². The average Bonchev–Trinajstić information content (AvgIpc) is 2.58. The van der Waals surface area contributed by atoms with Crippen molar-refractivity contribution in [1.82, 2.24) is 0 Å². The van der Waals surface area contributed by atoms with Gasteiger partial charge in [0.25, 0.3) is 0 Å². The minimum absolute atomic E-state index is 0.626. The summed E-state index contributed by atoms with van der Waals surface area (Å²) in [5.41, 5.74) is 8.79. The highest BCUT2D eigenvalue weighted by molar-refractivity contribution is 5.54. The van der Waals surface area contributed by atoms with Crippen LogP contribution < -0.4 is 10.6 Å². The fourth-order valence-electron chi connectivity index (χ4n) is 2.64. The minimum atomic E-state index is 0.626. The lowest BCUT2D eigenvalue weighted by molar-refractivity contribution is 0.506. The van der Waals surface area contributed by atoms with Crippen LogP contribution in [0.5, 0.6) is 0 Å². The summed E-state index contributed by atoms with van der Waals surface area (Å²) in [6.07, 6.45) is 5.02. The van der Waals surface area contributed by atoms with Gasteiger partial charge >= 0.3 is 0 Å². The SMILES string of the molecule is CCC(CN)CN1CCCCc2ccccc21. The van der Waals surface area contributed by atoms with Gasteiger partial charge in [0.2, 0.25) is 0 Å². The average molecular weight is 232 g/mol. The van der Waals surface area contributed by atoms with Crippen LogP contribution in [0.2, 0.25) is 0 Å². The number of rotatable bonds is 4. The highest BCUT2D eigenvalue weighted by Gasteiger charge is 2.17. The molecule has 1 heterocycles. The first-order chi connectivity index (χ1) is 8.35. The molecule has 0 saturated carbocycles. The number of hydrogen-bond acceptors (Lipinski definition) is 2. The van der Waals surface area contributed by atoms with Crippen LogP contribution in [0, 0.1) is 5.92 Å². The van der Waals surface area contributed by atoms with E-state index in [4.69, 9.17) is 5.73 Å². The fourth-order valence-corrected chi connectivity index (χ4v) is 2.64. The molecule has 0 radical (unpaired) electrons. The zero-order valence-corrected chi connectivity index (χ0v) is 10.9. The topological polar surface area (TPSA) is 29.3 Å². The van der Waals surface area contributed by atoms with Crippen LogP contribution in [0.3, 0.4) is 0 Å². The standard InChI is InChI=1S/C15H24N2/c1-2-13(11-16)12-17-10-6-5-8-14-7-3-4-9-15(14)17/h3-4,7,9,13H,2,5-6,8,10-12,16H2,1H3. The van der Waals surface area contributed by atoms with Gasteiger partial charge in [0.15, 0.2) is 0 Å². The second kappa shape index (κ2) is 6.06. The van der Waals surface area contributed by atoms with E-state index in [-0.39, 0.29) is 0 Å². The summed E-state index contributed by atoms with van der Waals surface area (Å²) in [5.74, 6) is 0.626. The number of para-hydroxylation sites is 1. The summed E-state index contributed by atoms with van der Waals surface area (Å²) in [7, 11) is 0. The lowest BCUT2D eigenvalue weighted by Gasteiger charge is -2.28. The first kappa shape index (κ1) is 12.4. The van der Waals surface area contributed by atoms with Gasteiger partial charge in [0.1, 0.15) is 0 Å². The number of fused-ring (bicyclic) bond motifs is 1. The molecule has 0 saturated heterocycles. The Balaban J connectivity index is 2.16. The summed E-state index contributed by atoms with van der Waals surface area (Å²) >= 11 is 0. The monoisotopic (exact) mass is 232 g/mol. The minimum Gasteiger partial charge on any atom is -0.371 e. The van der Waals surface area contributed by atoms with Gasteiger partial charge in [-0.25, -0.2) is 0 Å². The Bertz CT molecular complexity index is 345. The van der Waals surface area contributed by atoms with Crippen molar-refractivity contribution in [3.05, 3.63) is 29.8 Å². The Morgan fingerprint density at radius 1 is 1.29 bits per heavy atom. The molecule has 1 unspecified atom stereocenters. The van der Waals surface area contributed by atoms with Gasteiger partial charge in [0.05, 0.1) is 0 Å². The first-order valence-corrected chi connectivity index (χ1v) is 6.88. The smallest absolute Gasteiger partial charge is 0.0398 e. The van der Waals surface area contributed by atoms with Gasteiger partial charge in [-0.2, -0.15) is 0 Å². The maximum Gasteiger partial charge on any atom is 0.0398 e. The van der Waals surface area contributed by atoms with E-state index in [0.717, 1.165) is 13.1 Å². The van der Waals surface area contributed by atoms with Gasteiger partial charge in [-0.05, 0) is 43.4 Å². The molecule has 94 valence electrons. The van der Waals surface area contributed by atoms with E-state index in [0.29, 0.717) is 5.92 Å². The molecule has 2 N–H and O–H groups in total. The number of nitrogens with two attached hydrogens (primary N) is 1. The molecule has 0 aliphatic carbocycles. The Morgan fingerprint density at radius 3 is 2.88 bits per heavy atom. The Hall–Kier alpha value is -1.02. The number of nitrogens with zero attached hydrogens (tertiary/aromatic N) is 1. The zero-order chi connectivity index (χ0) is 12.1. The van der Waals surface area contributed by atoms with Gasteiger partial charge < -0.3 is 10.6 Å². The van der Waals surface area contributed by atoms with Crippen LogP contribution >= 0.6 is 0 Å². The van der Waals surface area contributed by atoms with Crippen LogP contribution in [0.15, 0.2) is 24.3 Å². The molecule has 1 atom stereocenters. The zero-order valence-electron chi connectivity index (χ0n) is 10.9. The van der Waals surface area contributed by atoms with Crippen LogP contribution in [0.25, 0.3) is 0 Å². The van der Waals surface area contributed by atoms with Crippen molar-refractivity contribution in [2.45, 2.75) is 32.6 Å². The Kier molecular flexibility index (Phi) is 4.43. The number of benzene rings is 1. The molecular formula is C15H24N2. The number of aryl methyl sites for hydroxylation is 1. The van der Waals surface area contributed by atoms with Gasteiger partial charge in [-0.1, -0.05) is 31.5 Å². The maximum atomic E-state index is 5.83. The Morgan fingerprint density at radius 2 is 2.12 bits per heavy atom. The van der Waals surface area contributed by atoms with Gasteiger partial charge in [0, 0.05) is 18.8 Å².